The average molecular weight is 324 g/mol. The summed E-state index contributed by atoms with van der Waals surface area (Å²) in [6.45, 7) is 6.51. The number of piperidine rings is 1. The number of nitrogens with one attached hydrogen (secondary N) is 1. The largest absolute Gasteiger partial charge is 0.378 e. The van der Waals surface area contributed by atoms with Gasteiger partial charge in [-0.05, 0) is 30.2 Å². The minimum absolute atomic E-state index is 0.0223. The van der Waals surface area contributed by atoms with Crippen LogP contribution in [-0.2, 0) is 9.53 Å². The van der Waals surface area contributed by atoms with Gasteiger partial charge >= 0.3 is 0 Å². The molecule has 1 aliphatic heterocycles. The summed E-state index contributed by atoms with van der Waals surface area (Å²) in [6, 6.07) is 1.75. The third-order valence-electron chi connectivity index (χ3n) is 3.64. The summed E-state index contributed by atoms with van der Waals surface area (Å²) < 4.78 is 5.81. The van der Waals surface area contributed by atoms with E-state index in [1.807, 2.05) is 10.3 Å². The van der Waals surface area contributed by atoms with Gasteiger partial charge in [0.2, 0.25) is 5.91 Å². The van der Waals surface area contributed by atoms with Crippen LogP contribution in [0.25, 0.3) is 0 Å². The van der Waals surface area contributed by atoms with E-state index < -0.39 is 0 Å². The maximum atomic E-state index is 12.1. The molecule has 5 nitrogen and oxygen atoms in total. The van der Waals surface area contributed by atoms with Gasteiger partial charge in [-0.3, -0.25) is 9.59 Å². The van der Waals surface area contributed by atoms with Crippen molar-refractivity contribution in [2.24, 2.45) is 5.92 Å². The van der Waals surface area contributed by atoms with E-state index in [1.165, 1.54) is 11.3 Å². The number of likely N-dealkylation sites (tertiary alicyclic amines) is 1. The number of rotatable bonds is 6. The Hall–Kier alpha value is -1.40. The Morgan fingerprint density at radius 1 is 1.41 bits per heavy atom. The second-order valence-electron chi connectivity index (χ2n) is 6.00. The van der Waals surface area contributed by atoms with Crippen molar-refractivity contribution in [2.75, 3.05) is 26.2 Å². The number of thiophene rings is 1. The Morgan fingerprint density at radius 3 is 2.73 bits per heavy atom. The van der Waals surface area contributed by atoms with E-state index in [2.05, 4.69) is 19.2 Å². The average Bonchev–Trinajstić information content (AvgIpc) is 3.05. The zero-order valence-electron chi connectivity index (χ0n) is 13.2. The number of hydrogen-bond donors (Lipinski definition) is 1. The molecule has 1 aromatic heterocycles. The first-order valence-electron chi connectivity index (χ1n) is 7.76. The lowest BCUT2D eigenvalue weighted by atomic mass is 10.1. The molecule has 1 N–H and O–H groups in total. The number of carbonyl (C=O) groups excluding carboxylic acids is 2. The van der Waals surface area contributed by atoms with Gasteiger partial charge in [-0.15, -0.1) is 0 Å². The summed E-state index contributed by atoms with van der Waals surface area (Å²) in [5, 5.41) is 6.30. The first-order valence-corrected chi connectivity index (χ1v) is 8.70. The van der Waals surface area contributed by atoms with Crippen molar-refractivity contribution in [3.8, 4) is 0 Å². The summed E-state index contributed by atoms with van der Waals surface area (Å²) >= 11 is 1.47. The molecule has 22 heavy (non-hydrogen) atoms. The third kappa shape index (κ3) is 5.10. The fourth-order valence-corrected chi connectivity index (χ4v) is 3.00. The predicted octanol–water partition coefficient (Wildman–Crippen LogP) is 2.14. The standard InChI is InChI=1S/C16H24N2O3S/c1-12(2)10-21-14-3-6-18(7-4-14)15(19)9-17-16(20)13-5-8-22-11-13/h5,8,11-12,14H,3-4,6-7,9-10H2,1-2H3,(H,17,20). The molecule has 1 saturated heterocycles. The zero-order valence-corrected chi connectivity index (χ0v) is 14.0. The van der Waals surface area contributed by atoms with E-state index in [9.17, 15) is 9.59 Å². The van der Waals surface area contributed by atoms with Crippen LogP contribution in [0.4, 0.5) is 0 Å². The van der Waals surface area contributed by atoms with Gasteiger partial charge in [0.25, 0.3) is 5.91 Å². The molecule has 0 saturated carbocycles. The van der Waals surface area contributed by atoms with E-state index in [4.69, 9.17) is 4.74 Å². The lowest BCUT2D eigenvalue weighted by Gasteiger charge is -2.32. The second-order valence-corrected chi connectivity index (χ2v) is 6.78. The maximum absolute atomic E-state index is 12.1. The van der Waals surface area contributed by atoms with Crippen LogP contribution in [0, 0.1) is 5.92 Å². The lowest BCUT2D eigenvalue weighted by Crippen LogP contribution is -2.45. The highest BCUT2D eigenvalue weighted by Gasteiger charge is 2.23. The molecule has 0 aromatic carbocycles. The van der Waals surface area contributed by atoms with Gasteiger partial charge in [0.1, 0.15) is 0 Å². The molecule has 122 valence electrons. The summed E-state index contributed by atoms with van der Waals surface area (Å²) in [4.78, 5) is 25.7. The molecule has 2 rings (SSSR count). The Balaban J connectivity index is 1.68. The van der Waals surface area contributed by atoms with Crippen LogP contribution in [-0.4, -0.2) is 49.1 Å². The predicted molar refractivity (Wildman–Crippen MR) is 87.0 cm³/mol. The van der Waals surface area contributed by atoms with Crippen LogP contribution in [0.1, 0.15) is 37.0 Å². The van der Waals surface area contributed by atoms with E-state index >= 15 is 0 Å². The molecule has 2 heterocycles. The third-order valence-corrected chi connectivity index (χ3v) is 4.33. The number of hydrogen-bond acceptors (Lipinski definition) is 4. The summed E-state index contributed by atoms with van der Waals surface area (Å²) in [7, 11) is 0. The Labute approximate surface area is 135 Å². The molecule has 1 aliphatic rings. The van der Waals surface area contributed by atoms with Gasteiger partial charge in [0.15, 0.2) is 0 Å². The molecule has 2 amide bonds. The Kier molecular flexibility index (Phi) is 6.39. The monoisotopic (exact) mass is 324 g/mol. The molecule has 0 unspecified atom stereocenters. The van der Waals surface area contributed by atoms with Crippen molar-refractivity contribution in [3.63, 3.8) is 0 Å². The smallest absolute Gasteiger partial charge is 0.252 e. The molecule has 0 spiro atoms. The number of carbonyl (C=O) groups is 2. The molecule has 0 bridgehead atoms. The fraction of sp³-hybridized carbons (Fsp3) is 0.625. The minimum Gasteiger partial charge on any atom is -0.378 e. The molecular formula is C16H24N2O3S. The minimum atomic E-state index is -0.190. The molecule has 0 aliphatic carbocycles. The van der Waals surface area contributed by atoms with Gasteiger partial charge in [0, 0.05) is 30.6 Å². The van der Waals surface area contributed by atoms with E-state index in [-0.39, 0.29) is 24.5 Å². The van der Waals surface area contributed by atoms with Crippen LogP contribution < -0.4 is 5.32 Å². The van der Waals surface area contributed by atoms with Gasteiger partial charge in [-0.2, -0.15) is 11.3 Å². The van der Waals surface area contributed by atoms with E-state index in [1.54, 1.807) is 11.4 Å². The topological polar surface area (TPSA) is 58.6 Å². The van der Waals surface area contributed by atoms with Gasteiger partial charge < -0.3 is 15.0 Å². The van der Waals surface area contributed by atoms with Crippen LogP contribution in [0.2, 0.25) is 0 Å². The highest BCUT2D eigenvalue weighted by atomic mass is 32.1. The van der Waals surface area contributed by atoms with Crippen molar-refractivity contribution in [1.29, 1.82) is 0 Å². The molecule has 1 aromatic rings. The van der Waals surface area contributed by atoms with Gasteiger partial charge in [0.05, 0.1) is 12.6 Å². The molecular weight excluding hydrogens is 300 g/mol. The maximum Gasteiger partial charge on any atom is 0.252 e. The van der Waals surface area contributed by atoms with E-state index in [0.29, 0.717) is 24.6 Å². The fourth-order valence-electron chi connectivity index (χ4n) is 2.36. The van der Waals surface area contributed by atoms with E-state index in [0.717, 1.165) is 19.4 Å². The zero-order chi connectivity index (χ0) is 15.9. The molecule has 0 radical (unpaired) electrons. The first kappa shape index (κ1) is 17.0. The van der Waals surface area contributed by atoms with Crippen molar-refractivity contribution < 1.29 is 14.3 Å². The van der Waals surface area contributed by atoms with Gasteiger partial charge in [-0.25, -0.2) is 0 Å². The highest BCUT2D eigenvalue weighted by molar-refractivity contribution is 7.08. The van der Waals surface area contributed by atoms with Crippen molar-refractivity contribution in [3.05, 3.63) is 22.4 Å². The molecule has 6 heteroatoms. The number of nitrogens with zero attached hydrogens (tertiary/aromatic N) is 1. The highest BCUT2D eigenvalue weighted by Crippen LogP contribution is 2.14. The summed E-state index contributed by atoms with van der Waals surface area (Å²) in [5.41, 5.74) is 0.610. The first-order chi connectivity index (χ1) is 10.6. The Bertz CT molecular complexity index is 480. The summed E-state index contributed by atoms with van der Waals surface area (Å²) in [6.07, 6.45) is 2.00. The molecule has 0 atom stereocenters. The van der Waals surface area contributed by atoms with Crippen LogP contribution in [0.3, 0.4) is 0 Å². The molecule has 1 fully saturated rings. The van der Waals surface area contributed by atoms with Crippen LogP contribution >= 0.6 is 11.3 Å². The van der Waals surface area contributed by atoms with Crippen LogP contribution in [0.5, 0.6) is 0 Å². The number of amides is 2. The SMILES string of the molecule is CC(C)COC1CCN(C(=O)CNC(=O)c2ccsc2)CC1. The Morgan fingerprint density at radius 2 is 2.14 bits per heavy atom. The summed E-state index contributed by atoms with van der Waals surface area (Å²) in [5.74, 6) is 0.322. The lowest BCUT2D eigenvalue weighted by molar-refractivity contribution is -0.132. The normalized spacial score (nSPS) is 16.0. The van der Waals surface area contributed by atoms with Gasteiger partial charge in [-0.1, -0.05) is 13.8 Å². The van der Waals surface area contributed by atoms with Crippen molar-refractivity contribution >= 4 is 23.2 Å². The van der Waals surface area contributed by atoms with Crippen molar-refractivity contribution in [1.82, 2.24) is 10.2 Å². The second kappa shape index (κ2) is 8.29. The quantitative estimate of drug-likeness (QED) is 0.872. The number of ether oxygens (including phenoxy) is 1. The van der Waals surface area contributed by atoms with Crippen molar-refractivity contribution in [2.45, 2.75) is 32.8 Å². The van der Waals surface area contributed by atoms with Crippen LogP contribution in [0.15, 0.2) is 16.8 Å².